The molecule has 0 spiro atoms. The zero-order valence-electron chi connectivity index (χ0n) is 14.6. The van der Waals surface area contributed by atoms with Gasteiger partial charge in [-0.1, -0.05) is 12.1 Å². The maximum atomic E-state index is 8.99. The average molecular weight is 329 g/mol. The average Bonchev–Trinajstić information content (AvgIpc) is 2.93. The lowest BCUT2D eigenvalue weighted by Crippen LogP contribution is -2.44. The summed E-state index contributed by atoms with van der Waals surface area (Å²) in [5.74, 6) is -0.437. The van der Waals surface area contributed by atoms with E-state index in [4.69, 9.17) is 14.7 Å². The van der Waals surface area contributed by atoms with Gasteiger partial charge in [0.25, 0.3) is 0 Å². The number of piperidine rings is 1. The Bertz CT molecular complexity index is 589. The molecule has 1 atom stereocenters. The Labute approximate surface area is 144 Å². The van der Waals surface area contributed by atoms with Gasteiger partial charge in [-0.15, -0.1) is 0 Å². The number of hydrogen-bond donors (Lipinski definition) is 1. The molecule has 1 aromatic carbocycles. The molecule has 24 heavy (non-hydrogen) atoms. The van der Waals surface area contributed by atoms with Gasteiger partial charge in [-0.3, -0.25) is 4.90 Å². The van der Waals surface area contributed by atoms with Crippen molar-refractivity contribution in [2.75, 3.05) is 26.2 Å². The van der Waals surface area contributed by atoms with E-state index in [2.05, 4.69) is 22.4 Å². The highest BCUT2D eigenvalue weighted by molar-refractivity contribution is 5.32. The van der Waals surface area contributed by atoms with Crippen molar-refractivity contribution in [3.05, 3.63) is 35.4 Å². The third-order valence-electron chi connectivity index (χ3n) is 4.75. The van der Waals surface area contributed by atoms with Gasteiger partial charge in [0, 0.05) is 19.1 Å². The smallest absolute Gasteiger partial charge is 0.163 e. The molecule has 0 unspecified atom stereocenters. The third-order valence-corrected chi connectivity index (χ3v) is 4.75. The molecule has 5 nitrogen and oxygen atoms in total. The monoisotopic (exact) mass is 329 g/mol. The predicted octanol–water partition coefficient (Wildman–Crippen LogP) is 2.26. The Hall–Kier alpha value is -1.45. The first-order valence-corrected chi connectivity index (χ1v) is 8.81. The quantitative estimate of drug-likeness (QED) is 0.898. The minimum atomic E-state index is -0.437. The number of benzene rings is 1. The first-order valence-electron chi connectivity index (χ1n) is 8.81. The molecule has 0 saturated carbocycles. The third kappa shape index (κ3) is 4.78. The van der Waals surface area contributed by atoms with E-state index in [9.17, 15) is 0 Å². The maximum absolute atomic E-state index is 8.99. The van der Waals surface area contributed by atoms with Crippen LogP contribution in [0.25, 0.3) is 0 Å². The number of ether oxygens (including phenoxy) is 2. The van der Waals surface area contributed by atoms with Crippen molar-refractivity contribution < 1.29 is 9.47 Å². The molecular formula is C19H27N3O2. The topological polar surface area (TPSA) is 57.5 Å². The molecule has 0 radical (unpaired) electrons. The highest BCUT2D eigenvalue weighted by atomic mass is 16.7. The zero-order valence-corrected chi connectivity index (χ0v) is 14.6. The van der Waals surface area contributed by atoms with Crippen molar-refractivity contribution in [3.63, 3.8) is 0 Å². The Morgan fingerprint density at radius 2 is 2.12 bits per heavy atom. The minimum absolute atomic E-state index is 0.159. The fourth-order valence-electron chi connectivity index (χ4n) is 3.45. The Balaban J connectivity index is 1.39. The molecule has 3 rings (SSSR count). The van der Waals surface area contributed by atoms with E-state index < -0.39 is 5.79 Å². The molecule has 2 aliphatic heterocycles. The number of rotatable bonds is 5. The molecule has 130 valence electrons. The van der Waals surface area contributed by atoms with E-state index >= 15 is 0 Å². The van der Waals surface area contributed by atoms with Crippen LogP contribution in [-0.4, -0.2) is 49.1 Å². The van der Waals surface area contributed by atoms with Gasteiger partial charge in [-0.2, -0.15) is 5.26 Å². The van der Waals surface area contributed by atoms with Crippen molar-refractivity contribution >= 4 is 0 Å². The minimum Gasteiger partial charge on any atom is -0.348 e. The first kappa shape index (κ1) is 17.4. The van der Waals surface area contributed by atoms with E-state index in [1.165, 1.54) is 5.56 Å². The van der Waals surface area contributed by atoms with Gasteiger partial charge in [0.1, 0.15) is 0 Å². The molecule has 0 aromatic heterocycles. The van der Waals surface area contributed by atoms with Crippen LogP contribution < -0.4 is 5.32 Å². The lowest BCUT2D eigenvalue weighted by Gasteiger charge is -2.33. The Morgan fingerprint density at radius 1 is 1.33 bits per heavy atom. The fraction of sp³-hybridized carbons (Fsp3) is 0.632. The van der Waals surface area contributed by atoms with Crippen molar-refractivity contribution in [1.29, 1.82) is 5.26 Å². The summed E-state index contributed by atoms with van der Waals surface area (Å²) in [5.41, 5.74) is 1.96. The zero-order chi connectivity index (χ0) is 17.0. The number of nitriles is 1. The molecule has 2 aliphatic rings. The standard InChI is InChI=1S/C19H27N3O2/c1-19(2)23-14-18(24-19)12-21-17-6-8-22(9-7-17)13-16-5-3-4-15(10-16)11-20/h3-5,10,17-18,21H,6-9,12-14H2,1-2H3/t18-/m1/s1. The lowest BCUT2D eigenvalue weighted by atomic mass is 10.0. The molecule has 0 aliphatic carbocycles. The summed E-state index contributed by atoms with van der Waals surface area (Å²) in [4.78, 5) is 2.47. The van der Waals surface area contributed by atoms with Gasteiger partial charge in [0.15, 0.2) is 5.79 Å². The second-order valence-electron chi connectivity index (χ2n) is 7.22. The number of nitrogens with one attached hydrogen (secondary N) is 1. The molecule has 2 heterocycles. The van der Waals surface area contributed by atoms with Crippen LogP contribution in [0.2, 0.25) is 0 Å². The number of hydrogen-bond acceptors (Lipinski definition) is 5. The van der Waals surface area contributed by atoms with Crippen LogP contribution in [0.1, 0.15) is 37.8 Å². The summed E-state index contributed by atoms with van der Waals surface area (Å²) in [6.07, 6.45) is 2.45. The van der Waals surface area contributed by atoms with Crippen LogP contribution in [0.5, 0.6) is 0 Å². The second kappa shape index (κ2) is 7.62. The first-order chi connectivity index (χ1) is 11.5. The van der Waals surface area contributed by atoms with Crippen molar-refractivity contribution in [2.45, 2.75) is 51.2 Å². The highest BCUT2D eigenvalue weighted by Gasteiger charge is 2.32. The summed E-state index contributed by atoms with van der Waals surface area (Å²) in [6, 6.07) is 10.7. The van der Waals surface area contributed by atoms with E-state index in [0.717, 1.165) is 44.6 Å². The summed E-state index contributed by atoms with van der Waals surface area (Å²) in [7, 11) is 0. The molecule has 1 N–H and O–H groups in total. The van der Waals surface area contributed by atoms with Crippen LogP contribution in [0.4, 0.5) is 0 Å². The van der Waals surface area contributed by atoms with Crippen molar-refractivity contribution in [1.82, 2.24) is 10.2 Å². The summed E-state index contributed by atoms with van der Waals surface area (Å²) >= 11 is 0. The van der Waals surface area contributed by atoms with E-state index in [-0.39, 0.29) is 6.10 Å². The van der Waals surface area contributed by atoms with Gasteiger partial charge >= 0.3 is 0 Å². The molecule has 0 bridgehead atoms. The fourth-order valence-corrected chi connectivity index (χ4v) is 3.45. The van der Waals surface area contributed by atoms with Gasteiger partial charge < -0.3 is 14.8 Å². The maximum Gasteiger partial charge on any atom is 0.163 e. The van der Waals surface area contributed by atoms with Crippen molar-refractivity contribution in [3.8, 4) is 6.07 Å². The molecule has 0 amide bonds. The summed E-state index contributed by atoms with van der Waals surface area (Å²) in [5, 5.41) is 12.6. The molecule has 2 saturated heterocycles. The molecule has 5 heteroatoms. The van der Waals surface area contributed by atoms with Crippen LogP contribution in [0.15, 0.2) is 24.3 Å². The van der Waals surface area contributed by atoms with E-state index in [1.807, 2.05) is 32.0 Å². The highest BCUT2D eigenvalue weighted by Crippen LogP contribution is 2.22. The second-order valence-corrected chi connectivity index (χ2v) is 7.22. The van der Waals surface area contributed by atoms with Gasteiger partial charge in [0.05, 0.1) is 24.3 Å². The Morgan fingerprint density at radius 3 is 2.79 bits per heavy atom. The lowest BCUT2D eigenvalue weighted by molar-refractivity contribution is -0.138. The van der Waals surface area contributed by atoms with Gasteiger partial charge in [0.2, 0.25) is 0 Å². The number of nitrogens with zero attached hydrogens (tertiary/aromatic N) is 2. The van der Waals surface area contributed by atoms with E-state index in [0.29, 0.717) is 12.6 Å². The normalized spacial score (nSPS) is 24.8. The van der Waals surface area contributed by atoms with Gasteiger partial charge in [-0.05, 0) is 57.5 Å². The molecule has 1 aromatic rings. The molecule has 2 fully saturated rings. The van der Waals surface area contributed by atoms with Crippen molar-refractivity contribution in [2.24, 2.45) is 0 Å². The SMILES string of the molecule is CC1(C)OC[C@@H](CNC2CCN(Cc3cccc(C#N)c3)CC2)O1. The van der Waals surface area contributed by atoms with E-state index in [1.54, 1.807) is 0 Å². The van der Waals surface area contributed by atoms with Crippen LogP contribution >= 0.6 is 0 Å². The Kier molecular flexibility index (Phi) is 5.52. The number of likely N-dealkylation sites (tertiary alicyclic amines) is 1. The predicted molar refractivity (Wildman–Crippen MR) is 92.4 cm³/mol. The van der Waals surface area contributed by atoms with Gasteiger partial charge in [-0.25, -0.2) is 0 Å². The van der Waals surface area contributed by atoms with Crippen LogP contribution in [0, 0.1) is 11.3 Å². The summed E-state index contributed by atoms with van der Waals surface area (Å²) in [6.45, 7) is 8.56. The summed E-state index contributed by atoms with van der Waals surface area (Å²) < 4.78 is 11.4. The van der Waals surface area contributed by atoms with Crippen LogP contribution in [-0.2, 0) is 16.0 Å². The largest absolute Gasteiger partial charge is 0.348 e. The molecular weight excluding hydrogens is 302 g/mol. The van der Waals surface area contributed by atoms with Crippen LogP contribution in [0.3, 0.4) is 0 Å².